The van der Waals surface area contributed by atoms with Crippen LogP contribution in [0.2, 0.25) is 0 Å². The lowest BCUT2D eigenvalue weighted by atomic mass is 9.99. The van der Waals surface area contributed by atoms with Crippen molar-refractivity contribution in [1.82, 2.24) is 0 Å². The average Bonchev–Trinajstić information content (AvgIpc) is 2.38. The van der Waals surface area contributed by atoms with E-state index in [1.165, 1.54) is 11.1 Å². The Labute approximate surface area is 84.5 Å². The minimum absolute atomic E-state index is 0.0693. The van der Waals surface area contributed by atoms with Crippen molar-refractivity contribution in [2.45, 2.75) is 32.3 Å². The third-order valence-electron chi connectivity index (χ3n) is 2.53. The maximum absolute atomic E-state index is 8.84. The Morgan fingerprint density at radius 2 is 2.21 bits per heavy atom. The lowest BCUT2D eigenvalue weighted by molar-refractivity contribution is 0.138. The zero-order valence-electron chi connectivity index (χ0n) is 8.71. The SMILES string of the molecule is CC1(C)Cc2cc(CCO)ccc2O1. The first kappa shape index (κ1) is 9.53. The highest BCUT2D eigenvalue weighted by Gasteiger charge is 2.29. The average molecular weight is 192 g/mol. The molecule has 2 rings (SSSR count). The van der Waals surface area contributed by atoms with Gasteiger partial charge in [-0.25, -0.2) is 0 Å². The first-order chi connectivity index (χ1) is 6.61. The quantitative estimate of drug-likeness (QED) is 0.776. The van der Waals surface area contributed by atoms with E-state index < -0.39 is 0 Å². The maximum Gasteiger partial charge on any atom is 0.123 e. The second-order valence-electron chi connectivity index (χ2n) is 4.45. The fourth-order valence-corrected chi connectivity index (χ4v) is 1.95. The van der Waals surface area contributed by atoms with E-state index in [1.54, 1.807) is 0 Å². The summed E-state index contributed by atoms with van der Waals surface area (Å²) in [6.07, 6.45) is 1.69. The van der Waals surface area contributed by atoms with Gasteiger partial charge in [-0.1, -0.05) is 12.1 Å². The summed E-state index contributed by atoms with van der Waals surface area (Å²) in [5, 5.41) is 8.84. The highest BCUT2D eigenvalue weighted by atomic mass is 16.5. The summed E-state index contributed by atoms with van der Waals surface area (Å²) < 4.78 is 5.76. The van der Waals surface area contributed by atoms with E-state index in [0.717, 1.165) is 18.6 Å². The topological polar surface area (TPSA) is 29.5 Å². The minimum atomic E-state index is -0.0693. The summed E-state index contributed by atoms with van der Waals surface area (Å²) in [5.41, 5.74) is 2.38. The minimum Gasteiger partial charge on any atom is -0.487 e. The van der Waals surface area contributed by atoms with Crippen LogP contribution in [0.4, 0.5) is 0 Å². The molecule has 1 aromatic rings. The van der Waals surface area contributed by atoms with Crippen molar-refractivity contribution in [2.75, 3.05) is 6.61 Å². The Bertz CT molecular complexity index is 342. The van der Waals surface area contributed by atoms with Gasteiger partial charge < -0.3 is 9.84 Å². The van der Waals surface area contributed by atoms with Crippen LogP contribution in [0.5, 0.6) is 5.75 Å². The van der Waals surface area contributed by atoms with Gasteiger partial charge in [0, 0.05) is 13.0 Å². The van der Waals surface area contributed by atoms with Crippen LogP contribution in [-0.4, -0.2) is 17.3 Å². The summed E-state index contributed by atoms with van der Waals surface area (Å²) in [4.78, 5) is 0. The third-order valence-corrected chi connectivity index (χ3v) is 2.53. The molecule has 0 amide bonds. The van der Waals surface area contributed by atoms with Crippen molar-refractivity contribution in [3.8, 4) is 5.75 Å². The molecule has 1 aliphatic heterocycles. The second kappa shape index (κ2) is 3.28. The maximum atomic E-state index is 8.84. The molecular formula is C12H16O2. The molecule has 1 heterocycles. The van der Waals surface area contributed by atoms with Crippen molar-refractivity contribution in [3.63, 3.8) is 0 Å². The fraction of sp³-hybridized carbons (Fsp3) is 0.500. The van der Waals surface area contributed by atoms with E-state index >= 15 is 0 Å². The molecule has 1 aromatic carbocycles. The van der Waals surface area contributed by atoms with Crippen molar-refractivity contribution in [1.29, 1.82) is 0 Å². The van der Waals surface area contributed by atoms with Crippen LogP contribution in [0.3, 0.4) is 0 Å². The van der Waals surface area contributed by atoms with E-state index in [9.17, 15) is 0 Å². The van der Waals surface area contributed by atoms with Crippen LogP contribution >= 0.6 is 0 Å². The molecule has 76 valence electrons. The first-order valence-corrected chi connectivity index (χ1v) is 5.02. The predicted molar refractivity (Wildman–Crippen MR) is 55.6 cm³/mol. The number of fused-ring (bicyclic) bond motifs is 1. The molecule has 0 spiro atoms. The van der Waals surface area contributed by atoms with Crippen LogP contribution in [0.15, 0.2) is 18.2 Å². The Hall–Kier alpha value is -1.02. The zero-order valence-corrected chi connectivity index (χ0v) is 8.71. The molecule has 0 radical (unpaired) electrons. The van der Waals surface area contributed by atoms with Gasteiger partial charge in [0.05, 0.1) is 0 Å². The number of hydrogen-bond donors (Lipinski definition) is 1. The summed E-state index contributed by atoms with van der Waals surface area (Å²) in [6.45, 7) is 4.40. The second-order valence-corrected chi connectivity index (χ2v) is 4.45. The smallest absolute Gasteiger partial charge is 0.123 e. The molecule has 0 atom stereocenters. The van der Waals surface area contributed by atoms with Crippen molar-refractivity contribution < 1.29 is 9.84 Å². The van der Waals surface area contributed by atoms with Gasteiger partial charge >= 0.3 is 0 Å². The van der Waals surface area contributed by atoms with E-state index in [2.05, 4.69) is 19.9 Å². The zero-order chi connectivity index (χ0) is 10.2. The molecule has 1 N–H and O–H groups in total. The molecule has 0 unspecified atom stereocenters. The molecule has 0 saturated carbocycles. The fourth-order valence-electron chi connectivity index (χ4n) is 1.95. The number of rotatable bonds is 2. The molecule has 0 fully saturated rings. The van der Waals surface area contributed by atoms with Crippen LogP contribution in [0.1, 0.15) is 25.0 Å². The van der Waals surface area contributed by atoms with Gasteiger partial charge in [-0.15, -0.1) is 0 Å². The molecule has 0 bridgehead atoms. The van der Waals surface area contributed by atoms with E-state index in [-0.39, 0.29) is 12.2 Å². The van der Waals surface area contributed by atoms with Gasteiger partial charge in [-0.05, 0) is 37.5 Å². The summed E-state index contributed by atoms with van der Waals surface area (Å²) >= 11 is 0. The van der Waals surface area contributed by atoms with Crippen molar-refractivity contribution >= 4 is 0 Å². The van der Waals surface area contributed by atoms with Crippen LogP contribution in [0, 0.1) is 0 Å². The molecule has 0 aromatic heterocycles. The van der Waals surface area contributed by atoms with Crippen molar-refractivity contribution in [2.24, 2.45) is 0 Å². The standard InChI is InChI=1S/C12H16O2/c1-12(2)8-10-7-9(5-6-13)3-4-11(10)14-12/h3-4,7,13H,5-6,8H2,1-2H3. The van der Waals surface area contributed by atoms with Gasteiger partial charge in [0.25, 0.3) is 0 Å². The molecule has 1 aliphatic rings. The van der Waals surface area contributed by atoms with Crippen LogP contribution < -0.4 is 4.74 Å². The van der Waals surface area contributed by atoms with Gasteiger partial charge in [-0.2, -0.15) is 0 Å². The summed E-state index contributed by atoms with van der Waals surface area (Å²) in [7, 11) is 0. The molecule has 2 heteroatoms. The van der Waals surface area contributed by atoms with Crippen molar-refractivity contribution in [3.05, 3.63) is 29.3 Å². The largest absolute Gasteiger partial charge is 0.487 e. The monoisotopic (exact) mass is 192 g/mol. The number of aliphatic hydroxyl groups excluding tert-OH is 1. The normalized spacial score (nSPS) is 17.6. The lowest BCUT2D eigenvalue weighted by Crippen LogP contribution is -2.24. The highest BCUT2D eigenvalue weighted by Crippen LogP contribution is 2.35. The highest BCUT2D eigenvalue weighted by molar-refractivity contribution is 5.41. The van der Waals surface area contributed by atoms with Gasteiger partial charge in [0.1, 0.15) is 11.4 Å². The Morgan fingerprint density at radius 1 is 1.43 bits per heavy atom. The van der Waals surface area contributed by atoms with E-state index in [4.69, 9.17) is 9.84 Å². The number of hydrogen-bond acceptors (Lipinski definition) is 2. The van der Waals surface area contributed by atoms with Gasteiger partial charge in [-0.3, -0.25) is 0 Å². The number of benzene rings is 1. The first-order valence-electron chi connectivity index (χ1n) is 5.02. The number of ether oxygens (including phenoxy) is 1. The summed E-state index contributed by atoms with van der Waals surface area (Å²) in [5.74, 6) is 0.997. The Kier molecular flexibility index (Phi) is 2.23. The molecule has 14 heavy (non-hydrogen) atoms. The molecule has 0 aliphatic carbocycles. The Balaban J connectivity index is 2.26. The lowest BCUT2D eigenvalue weighted by Gasteiger charge is -2.16. The van der Waals surface area contributed by atoms with Crippen LogP contribution in [0.25, 0.3) is 0 Å². The molecular weight excluding hydrogens is 176 g/mol. The molecule has 2 nitrogen and oxygen atoms in total. The predicted octanol–water partition coefficient (Wildman–Crippen LogP) is 1.93. The number of aliphatic hydroxyl groups is 1. The van der Waals surface area contributed by atoms with E-state index in [1.807, 2.05) is 12.1 Å². The Morgan fingerprint density at radius 3 is 2.93 bits per heavy atom. The molecule has 0 saturated heterocycles. The third kappa shape index (κ3) is 1.75. The van der Waals surface area contributed by atoms with Gasteiger partial charge in [0.2, 0.25) is 0 Å². The van der Waals surface area contributed by atoms with E-state index in [0.29, 0.717) is 0 Å². The summed E-state index contributed by atoms with van der Waals surface area (Å²) in [6, 6.07) is 6.17. The van der Waals surface area contributed by atoms with Gasteiger partial charge in [0.15, 0.2) is 0 Å². The van der Waals surface area contributed by atoms with Crippen LogP contribution in [-0.2, 0) is 12.8 Å².